The second kappa shape index (κ2) is 6.11. The van der Waals surface area contributed by atoms with Gasteiger partial charge in [-0.2, -0.15) is 0 Å². The SMILES string of the molecule is Cc1ccccc1NC(=O)C1(C(=O)Nc2cccc(C)c2C)CC1. The van der Waals surface area contributed by atoms with Crippen LogP contribution in [0.4, 0.5) is 11.4 Å². The fraction of sp³-hybridized carbons (Fsp3) is 0.300. The number of aryl methyl sites for hydroxylation is 2. The Morgan fingerprint density at radius 3 is 1.96 bits per heavy atom. The zero-order valence-electron chi connectivity index (χ0n) is 14.3. The minimum atomic E-state index is -0.946. The number of amides is 2. The number of carbonyl (C=O) groups is 2. The lowest BCUT2D eigenvalue weighted by Crippen LogP contribution is -2.36. The standard InChI is InChI=1S/C20H22N2O2/c1-13-8-6-10-17(15(13)3)22-19(24)20(11-12-20)18(23)21-16-9-5-4-7-14(16)2/h4-10H,11-12H2,1-3H3,(H,21,23)(H,22,24). The first-order valence-corrected chi connectivity index (χ1v) is 8.19. The van der Waals surface area contributed by atoms with E-state index in [9.17, 15) is 9.59 Å². The van der Waals surface area contributed by atoms with E-state index in [1.807, 2.05) is 63.2 Å². The third-order valence-corrected chi connectivity index (χ3v) is 4.87. The molecule has 2 aromatic rings. The molecule has 1 aliphatic carbocycles. The van der Waals surface area contributed by atoms with E-state index < -0.39 is 5.41 Å². The monoisotopic (exact) mass is 322 g/mol. The van der Waals surface area contributed by atoms with Gasteiger partial charge in [-0.05, 0) is 62.4 Å². The Morgan fingerprint density at radius 2 is 1.33 bits per heavy atom. The Kier molecular flexibility index (Phi) is 4.14. The van der Waals surface area contributed by atoms with Crippen LogP contribution in [0.2, 0.25) is 0 Å². The van der Waals surface area contributed by atoms with Gasteiger partial charge in [-0.25, -0.2) is 0 Å². The highest BCUT2D eigenvalue weighted by atomic mass is 16.2. The fourth-order valence-electron chi connectivity index (χ4n) is 2.77. The summed E-state index contributed by atoms with van der Waals surface area (Å²) >= 11 is 0. The minimum Gasteiger partial charge on any atom is -0.325 e. The van der Waals surface area contributed by atoms with Crippen molar-refractivity contribution < 1.29 is 9.59 Å². The molecule has 2 N–H and O–H groups in total. The highest BCUT2D eigenvalue weighted by Gasteiger charge is 2.56. The van der Waals surface area contributed by atoms with Crippen LogP contribution in [-0.2, 0) is 9.59 Å². The Labute approximate surface area is 142 Å². The van der Waals surface area contributed by atoms with Crippen molar-refractivity contribution in [3.63, 3.8) is 0 Å². The summed E-state index contributed by atoms with van der Waals surface area (Å²) in [5.41, 5.74) is 3.71. The van der Waals surface area contributed by atoms with Gasteiger partial charge in [0.2, 0.25) is 11.8 Å². The van der Waals surface area contributed by atoms with Gasteiger partial charge in [-0.1, -0.05) is 30.3 Å². The quantitative estimate of drug-likeness (QED) is 0.837. The molecule has 0 unspecified atom stereocenters. The number of hydrogen-bond donors (Lipinski definition) is 2. The van der Waals surface area contributed by atoms with Crippen molar-refractivity contribution in [1.82, 2.24) is 0 Å². The van der Waals surface area contributed by atoms with Crippen molar-refractivity contribution >= 4 is 23.2 Å². The minimum absolute atomic E-state index is 0.220. The maximum Gasteiger partial charge on any atom is 0.240 e. The van der Waals surface area contributed by atoms with Gasteiger partial charge in [0.1, 0.15) is 5.41 Å². The van der Waals surface area contributed by atoms with E-state index in [1.165, 1.54) is 0 Å². The molecule has 1 aliphatic rings. The average molecular weight is 322 g/mol. The number of benzene rings is 2. The second-order valence-electron chi connectivity index (χ2n) is 6.55. The lowest BCUT2D eigenvalue weighted by atomic mass is 10.0. The van der Waals surface area contributed by atoms with E-state index in [0.717, 1.165) is 28.1 Å². The van der Waals surface area contributed by atoms with Gasteiger partial charge >= 0.3 is 0 Å². The maximum absolute atomic E-state index is 12.7. The van der Waals surface area contributed by atoms with Crippen LogP contribution in [0.25, 0.3) is 0 Å². The molecule has 0 aromatic heterocycles. The fourth-order valence-corrected chi connectivity index (χ4v) is 2.77. The Morgan fingerprint density at radius 1 is 0.792 bits per heavy atom. The summed E-state index contributed by atoms with van der Waals surface area (Å²) in [6, 6.07) is 13.4. The largest absolute Gasteiger partial charge is 0.325 e. The van der Waals surface area contributed by atoms with Crippen molar-refractivity contribution in [1.29, 1.82) is 0 Å². The molecule has 1 fully saturated rings. The van der Waals surface area contributed by atoms with Gasteiger partial charge in [0.05, 0.1) is 0 Å². The van der Waals surface area contributed by atoms with Crippen LogP contribution in [0.5, 0.6) is 0 Å². The van der Waals surface area contributed by atoms with Crippen LogP contribution in [0, 0.1) is 26.2 Å². The molecule has 3 rings (SSSR count). The van der Waals surface area contributed by atoms with Gasteiger partial charge in [0.25, 0.3) is 0 Å². The summed E-state index contributed by atoms with van der Waals surface area (Å²) in [7, 11) is 0. The molecule has 0 saturated heterocycles. The molecular formula is C20H22N2O2. The van der Waals surface area contributed by atoms with E-state index in [4.69, 9.17) is 0 Å². The molecule has 0 aliphatic heterocycles. The van der Waals surface area contributed by atoms with Gasteiger partial charge in [0.15, 0.2) is 0 Å². The molecule has 0 spiro atoms. The predicted octanol–water partition coefficient (Wildman–Crippen LogP) is 3.97. The van der Waals surface area contributed by atoms with Crippen LogP contribution in [0.1, 0.15) is 29.5 Å². The predicted molar refractivity (Wildman–Crippen MR) is 96.0 cm³/mol. The van der Waals surface area contributed by atoms with Gasteiger partial charge in [0, 0.05) is 11.4 Å². The molecule has 0 atom stereocenters. The van der Waals surface area contributed by atoms with E-state index >= 15 is 0 Å². The molecule has 1 saturated carbocycles. The van der Waals surface area contributed by atoms with Crippen LogP contribution in [-0.4, -0.2) is 11.8 Å². The number of carbonyl (C=O) groups excluding carboxylic acids is 2. The Hall–Kier alpha value is -2.62. The Balaban J connectivity index is 1.76. The van der Waals surface area contributed by atoms with Gasteiger partial charge in [-0.15, -0.1) is 0 Å². The van der Waals surface area contributed by atoms with Gasteiger partial charge < -0.3 is 10.6 Å². The molecule has 0 radical (unpaired) electrons. The first-order valence-electron chi connectivity index (χ1n) is 8.19. The van der Waals surface area contributed by atoms with E-state index in [2.05, 4.69) is 10.6 Å². The highest BCUT2D eigenvalue weighted by Crippen LogP contribution is 2.47. The number of hydrogen-bond acceptors (Lipinski definition) is 2. The number of anilines is 2. The molecule has 2 amide bonds. The molecule has 24 heavy (non-hydrogen) atoms. The molecule has 4 heteroatoms. The molecule has 124 valence electrons. The number of rotatable bonds is 4. The summed E-state index contributed by atoms with van der Waals surface area (Å²) in [5.74, 6) is -0.443. The summed E-state index contributed by atoms with van der Waals surface area (Å²) in [4.78, 5) is 25.4. The number of nitrogens with one attached hydrogen (secondary N) is 2. The summed E-state index contributed by atoms with van der Waals surface area (Å²) in [6.45, 7) is 5.91. The van der Waals surface area contributed by atoms with Crippen LogP contribution < -0.4 is 10.6 Å². The summed E-state index contributed by atoms with van der Waals surface area (Å²) in [5, 5.41) is 5.84. The van der Waals surface area contributed by atoms with E-state index in [1.54, 1.807) is 0 Å². The molecule has 0 bridgehead atoms. The number of para-hydroxylation sites is 1. The lowest BCUT2D eigenvalue weighted by molar-refractivity contribution is -0.131. The maximum atomic E-state index is 12.7. The summed E-state index contributed by atoms with van der Waals surface area (Å²) < 4.78 is 0. The van der Waals surface area contributed by atoms with Crippen molar-refractivity contribution in [2.45, 2.75) is 33.6 Å². The molecule has 0 heterocycles. The van der Waals surface area contributed by atoms with Crippen molar-refractivity contribution in [3.05, 3.63) is 59.2 Å². The third-order valence-electron chi connectivity index (χ3n) is 4.87. The lowest BCUT2D eigenvalue weighted by Gasteiger charge is -2.17. The van der Waals surface area contributed by atoms with Crippen molar-refractivity contribution in [2.75, 3.05) is 10.6 Å². The first kappa shape index (κ1) is 16.2. The zero-order chi connectivity index (χ0) is 17.3. The van der Waals surface area contributed by atoms with Crippen molar-refractivity contribution in [2.24, 2.45) is 5.41 Å². The smallest absolute Gasteiger partial charge is 0.240 e. The zero-order valence-corrected chi connectivity index (χ0v) is 14.3. The van der Waals surface area contributed by atoms with Gasteiger partial charge in [-0.3, -0.25) is 9.59 Å². The van der Waals surface area contributed by atoms with Crippen molar-refractivity contribution in [3.8, 4) is 0 Å². The normalized spacial score (nSPS) is 14.8. The topological polar surface area (TPSA) is 58.2 Å². The first-order chi connectivity index (χ1) is 11.4. The van der Waals surface area contributed by atoms with Crippen LogP contribution in [0.15, 0.2) is 42.5 Å². The third kappa shape index (κ3) is 2.92. The second-order valence-corrected chi connectivity index (χ2v) is 6.55. The average Bonchev–Trinajstić information content (AvgIpc) is 3.36. The van der Waals surface area contributed by atoms with Crippen LogP contribution in [0.3, 0.4) is 0 Å². The summed E-state index contributed by atoms with van der Waals surface area (Å²) in [6.07, 6.45) is 1.17. The Bertz CT molecular complexity index is 807. The van der Waals surface area contributed by atoms with E-state index in [-0.39, 0.29) is 11.8 Å². The highest BCUT2D eigenvalue weighted by molar-refractivity contribution is 6.17. The molecule has 4 nitrogen and oxygen atoms in total. The van der Waals surface area contributed by atoms with Crippen LogP contribution >= 0.6 is 0 Å². The molecular weight excluding hydrogens is 300 g/mol. The van der Waals surface area contributed by atoms with E-state index in [0.29, 0.717) is 12.8 Å². The molecule has 2 aromatic carbocycles.